The van der Waals surface area contributed by atoms with Crippen LogP contribution >= 0.6 is 0 Å². The fourth-order valence-electron chi connectivity index (χ4n) is 3.51. The van der Waals surface area contributed by atoms with E-state index in [0.717, 1.165) is 30.1 Å². The predicted molar refractivity (Wildman–Crippen MR) is 92.3 cm³/mol. The molecule has 4 heterocycles. The largest absolute Gasteiger partial charge is 0.478 e. The van der Waals surface area contributed by atoms with Gasteiger partial charge in [0.05, 0.1) is 13.2 Å². The molecule has 0 spiro atoms. The fraction of sp³-hybridized carbons (Fsp3) is 0.500. The van der Waals surface area contributed by atoms with Crippen LogP contribution < -0.4 is 10.1 Å². The first kappa shape index (κ1) is 15.2. The average molecular weight is 326 g/mol. The van der Waals surface area contributed by atoms with Crippen LogP contribution in [0.3, 0.4) is 0 Å². The van der Waals surface area contributed by atoms with Crippen LogP contribution in [-0.2, 0) is 4.79 Å². The van der Waals surface area contributed by atoms with Crippen LogP contribution in [0.2, 0.25) is 0 Å². The van der Waals surface area contributed by atoms with Gasteiger partial charge in [-0.2, -0.15) is 4.98 Å². The van der Waals surface area contributed by atoms with Crippen LogP contribution in [0.1, 0.15) is 26.7 Å². The number of aliphatic imine (C=N–C) groups is 1. The highest BCUT2D eigenvalue weighted by molar-refractivity contribution is 6.11. The molecule has 6 heteroatoms. The van der Waals surface area contributed by atoms with Gasteiger partial charge in [0, 0.05) is 30.1 Å². The van der Waals surface area contributed by atoms with Gasteiger partial charge in [-0.25, -0.2) is 0 Å². The second kappa shape index (κ2) is 5.61. The van der Waals surface area contributed by atoms with Gasteiger partial charge in [-0.15, -0.1) is 0 Å². The molecule has 0 atom stereocenters. The summed E-state index contributed by atoms with van der Waals surface area (Å²) < 4.78 is 5.74. The molecule has 24 heavy (non-hydrogen) atoms. The Hall–Kier alpha value is -2.37. The van der Waals surface area contributed by atoms with Crippen molar-refractivity contribution in [1.29, 1.82) is 0 Å². The Bertz CT molecular complexity index is 751. The molecule has 1 amide bonds. The van der Waals surface area contributed by atoms with E-state index in [9.17, 15) is 4.79 Å². The van der Waals surface area contributed by atoms with Gasteiger partial charge in [0.25, 0.3) is 0 Å². The lowest BCUT2D eigenvalue weighted by Gasteiger charge is -2.30. The Morgan fingerprint density at radius 3 is 3.04 bits per heavy atom. The quantitative estimate of drug-likeness (QED) is 0.794. The number of aromatic nitrogens is 1. The molecule has 0 radical (unpaired) electrons. The minimum atomic E-state index is -0.382. The molecule has 4 rings (SSSR count). The molecule has 0 saturated carbocycles. The zero-order valence-electron chi connectivity index (χ0n) is 14.1. The van der Waals surface area contributed by atoms with Crippen molar-refractivity contribution in [3.63, 3.8) is 0 Å². The van der Waals surface area contributed by atoms with Crippen LogP contribution in [0.25, 0.3) is 0 Å². The number of anilines is 1. The highest BCUT2D eigenvalue weighted by atomic mass is 16.5. The van der Waals surface area contributed by atoms with Crippen LogP contribution in [-0.4, -0.2) is 47.9 Å². The number of pyridine rings is 1. The topological polar surface area (TPSA) is 66.8 Å². The SMILES string of the molecule is CC1(C)CCCOc2cccc(n2)NC2=NCC3=C2CN(C3)C1=O. The maximum atomic E-state index is 12.9. The molecule has 0 saturated heterocycles. The summed E-state index contributed by atoms with van der Waals surface area (Å²) in [6.45, 7) is 6.60. The van der Waals surface area contributed by atoms with Gasteiger partial charge < -0.3 is 15.0 Å². The van der Waals surface area contributed by atoms with E-state index in [0.29, 0.717) is 32.1 Å². The van der Waals surface area contributed by atoms with Gasteiger partial charge in [-0.1, -0.05) is 19.9 Å². The minimum Gasteiger partial charge on any atom is -0.478 e. The van der Waals surface area contributed by atoms with Crippen molar-refractivity contribution >= 4 is 17.6 Å². The summed E-state index contributed by atoms with van der Waals surface area (Å²) in [6, 6.07) is 5.68. The van der Waals surface area contributed by atoms with E-state index in [4.69, 9.17) is 4.74 Å². The lowest BCUT2D eigenvalue weighted by atomic mass is 9.86. The number of carbonyl (C=O) groups is 1. The number of hydrogen-bond donors (Lipinski definition) is 1. The summed E-state index contributed by atoms with van der Waals surface area (Å²) >= 11 is 0. The number of fused-ring (bicyclic) bond motifs is 3. The Morgan fingerprint density at radius 2 is 2.17 bits per heavy atom. The Kier molecular flexibility index (Phi) is 3.55. The number of amidine groups is 1. The Balaban J connectivity index is 1.66. The minimum absolute atomic E-state index is 0.213. The molecule has 0 aromatic carbocycles. The molecule has 6 nitrogen and oxygen atoms in total. The Labute approximate surface area is 141 Å². The second-order valence-electron chi connectivity index (χ2n) is 7.23. The zero-order valence-corrected chi connectivity index (χ0v) is 14.1. The first-order valence-corrected chi connectivity index (χ1v) is 8.45. The van der Waals surface area contributed by atoms with Gasteiger partial charge in [-0.05, 0) is 24.5 Å². The summed E-state index contributed by atoms with van der Waals surface area (Å²) in [5, 5.41) is 3.29. The average Bonchev–Trinajstić information content (AvgIpc) is 3.12. The molecule has 0 aliphatic carbocycles. The summed E-state index contributed by atoms with van der Waals surface area (Å²) in [6.07, 6.45) is 1.62. The highest BCUT2D eigenvalue weighted by Gasteiger charge is 2.37. The molecule has 1 aromatic rings. The molecule has 126 valence electrons. The van der Waals surface area contributed by atoms with E-state index in [-0.39, 0.29) is 11.3 Å². The number of hydrogen-bond acceptors (Lipinski definition) is 5. The van der Waals surface area contributed by atoms with E-state index in [1.54, 1.807) is 0 Å². The van der Waals surface area contributed by atoms with Crippen molar-refractivity contribution in [3.05, 3.63) is 29.3 Å². The fourth-order valence-corrected chi connectivity index (χ4v) is 3.51. The summed E-state index contributed by atoms with van der Waals surface area (Å²) in [7, 11) is 0. The van der Waals surface area contributed by atoms with E-state index >= 15 is 0 Å². The predicted octanol–water partition coefficient (Wildman–Crippen LogP) is 2.24. The van der Waals surface area contributed by atoms with E-state index in [1.165, 1.54) is 5.57 Å². The third-order valence-corrected chi connectivity index (χ3v) is 4.90. The molecule has 3 aliphatic heterocycles. The van der Waals surface area contributed by atoms with Gasteiger partial charge in [0.1, 0.15) is 11.7 Å². The third-order valence-electron chi connectivity index (χ3n) is 4.90. The summed E-state index contributed by atoms with van der Waals surface area (Å²) in [4.78, 5) is 23.9. The second-order valence-corrected chi connectivity index (χ2v) is 7.23. The lowest BCUT2D eigenvalue weighted by Crippen LogP contribution is -2.41. The van der Waals surface area contributed by atoms with Crippen LogP contribution in [0.15, 0.2) is 34.3 Å². The van der Waals surface area contributed by atoms with Crippen molar-refractivity contribution in [2.24, 2.45) is 10.4 Å². The third kappa shape index (κ3) is 2.66. The standard InChI is InChI=1S/C18H22N4O2/c1-18(2)7-4-8-24-15-6-3-5-14(20-15)21-16-13-11-22(17(18)23)10-12(13)9-19-16/h3,5-6H,4,7-11H2,1-2H3,(H,19,20,21). The number of carbonyl (C=O) groups excluding carboxylic acids is 1. The highest BCUT2D eigenvalue weighted by Crippen LogP contribution is 2.32. The molecule has 1 N–H and O–H groups in total. The zero-order chi connectivity index (χ0) is 16.7. The van der Waals surface area contributed by atoms with Gasteiger partial charge in [0.2, 0.25) is 11.8 Å². The lowest BCUT2D eigenvalue weighted by molar-refractivity contribution is -0.139. The number of amides is 1. The van der Waals surface area contributed by atoms with Gasteiger partial charge >= 0.3 is 0 Å². The summed E-state index contributed by atoms with van der Waals surface area (Å²) in [5.41, 5.74) is 2.00. The molecule has 1 aromatic heterocycles. The van der Waals surface area contributed by atoms with E-state index in [1.807, 2.05) is 36.9 Å². The summed E-state index contributed by atoms with van der Waals surface area (Å²) in [5.74, 6) is 2.37. The van der Waals surface area contributed by atoms with E-state index < -0.39 is 0 Å². The van der Waals surface area contributed by atoms with Crippen LogP contribution in [0.4, 0.5) is 5.82 Å². The first-order chi connectivity index (χ1) is 11.5. The van der Waals surface area contributed by atoms with E-state index in [2.05, 4.69) is 15.3 Å². The normalized spacial score (nSPS) is 22.7. The smallest absolute Gasteiger partial charge is 0.228 e. The molecule has 3 aliphatic rings. The maximum Gasteiger partial charge on any atom is 0.228 e. The van der Waals surface area contributed by atoms with Gasteiger partial charge in [-0.3, -0.25) is 9.79 Å². The molecule has 0 unspecified atom stereocenters. The monoisotopic (exact) mass is 326 g/mol. The number of nitrogens with one attached hydrogen (secondary N) is 1. The number of nitrogens with zero attached hydrogens (tertiary/aromatic N) is 3. The molecule has 0 fully saturated rings. The molecular formula is C18H22N4O2. The Morgan fingerprint density at radius 1 is 1.29 bits per heavy atom. The van der Waals surface area contributed by atoms with Crippen LogP contribution in [0.5, 0.6) is 5.88 Å². The first-order valence-electron chi connectivity index (χ1n) is 8.45. The van der Waals surface area contributed by atoms with Crippen molar-refractivity contribution in [1.82, 2.24) is 9.88 Å². The van der Waals surface area contributed by atoms with Crippen molar-refractivity contribution in [2.75, 3.05) is 31.6 Å². The van der Waals surface area contributed by atoms with Gasteiger partial charge in [0.15, 0.2) is 0 Å². The van der Waals surface area contributed by atoms with Crippen LogP contribution in [0, 0.1) is 5.41 Å². The molecule has 4 bridgehead atoms. The maximum absolute atomic E-state index is 12.9. The number of ether oxygens (including phenoxy) is 1. The van der Waals surface area contributed by atoms with Crippen molar-refractivity contribution in [3.8, 4) is 5.88 Å². The van der Waals surface area contributed by atoms with Crippen molar-refractivity contribution in [2.45, 2.75) is 26.7 Å². The van der Waals surface area contributed by atoms with Crippen molar-refractivity contribution < 1.29 is 9.53 Å². The number of rotatable bonds is 0. The molecular weight excluding hydrogens is 304 g/mol.